The van der Waals surface area contributed by atoms with Crippen LogP contribution in [0.2, 0.25) is 0 Å². The minimum Gasteiger partial charge on any atom is -0.461 e. The highest BCUT2D eigenvalue weighted by atomic mass is 16.7. The average molecular weight is 333 g/mol. The topological polar surface area (TPSA) is 57.1 Å². The molecular formula is C20H15NO4. The number of carbonyl (C=O) groups excluding carboxylic acids is 1. The largest absolute Gasteiger partial charge is 0.461 e. The van der Waals surface area contributed by atoms with Gasteiger partial charge >= 0.3 is 5.97 Å². The molecule has 4 rings (SSSR count). The fourth-order valence-corrected chi connectivity index (χ4v) is 2.69. The molecule has 5 nitrogen and oxygen atoms in total. The van der Waals surface area contributed by atoms with Crippen LogP contribution in [-0.2, 0) is 25.4 Å². The number of esters is 1. The molecule has 2 aromatic rings. The highest BCUT2D eigenvalue weighted by Crippen LogP contribution is 2.29. The van der Waals surface area contributed by atoms with E-state index in [9.17, 15) is 4.79 Å². The van der Waals surface area contributed by atoms with Crippen molar-refractivity contribution in [1.29, 1.82) is 0 Å². The molecule has 0 atom stereocenters. The van der Waals surface area contributed by atoms with Crippen LogP contribution in [0.5, 0.6) is 0 Å². The molecular weight excluding hydrogens is 318 g/mol. The number of hydrogen-bond acceptors (Lipinski definition) is 5. The Morgan fingerprint density at radius 2 is 1.72 bits per heavy atom. The number of benzene rings is 2. The van der Waals surface area contributed by atoms with Crippen molar-refractivity contribution in [3.05, 3.63) is 95.1 Å². The molecule has 0 radical (unpaired) electrons. The summed E-state index contributed by atoms with van der Waals surface area (Å²) in [5.41, 5.74) is 2.69. The molecule has 2 aliphatic rings. The monoisotopic (exact) mass is 333 g/mol. The van der Waals surface area contributed by atoms with E-state index in [1.807, 2.05) is 60.7 Å². The summed E-state index contributed by atoms with van der Waals surface area (Å²) in [7, 11) is 0. The molecule has 0 N–H and O–H groups in total. The van der Waals surface area contributed by atoms with Gasteiger partial charge in [0, 0.05) is 17.6 Å². The van der Waals surface area contributed by atoms with E-state index in [0.29, 0.717) is 23.7 Å². The van der Waals surface area contributed by atoms with Crippen LogP contribution >= 0.6 is 0 Å². The summed E-state index contributed by atoms with van der Waals surface area (Å²) in [5, 5.41) is 0. The summed E-state index contributed by atoms with van der Waals surface area (Å²) in [6.45, 7) is 0.130. The molecule has 2 aromatic carbocycles. The zero-order valence-electron chi connectivity index (χ0n) is 13.3. The third kappa shape index (κ3) is 3.17. The van der Waals surface area contributed by atoms with E-state index < -0.39 is 5.97 Å². The van der Waals surface area contributed by atoms with Crippen LogP contribution in [0, 0.1) is 0 Å². The maximum atomic E-state index is 12.4. The first-order valence-electron chi connectivity index (χ1n) is 7.89. The highest BCUT2D eigenvalue weighted by Gasteiger charge is 2.30. The van der Waals surface area contributed by atoms with Crippen LogP contribution in [0.1, 0.15) is 11.1 Å². The summed E-state index contributed by atoms with van der Waals surface area (Å²) < 4.78 is 16.0. The van der Waals surface area contributed by atoms with Crippen LogP contribution in [-0.4, -0.2) is 18.7 Å². The van der Waals surface area contributed by atoms with Gasteiger partial charge in [-0.2, -0.15) is 0 Å². The molecule has 0 fully saturated rings. The van der Waals surface area contributed by atoms with E-state index in [1.54, 1.807) is 0 Å². The fraction of sp³-hybridized carbons (Fsp3) is 0.100. The Bertz CT molecular complexity index is 882. The molecule has 0 amide bonds. The third-order valence-corrected chi connectivity index (χ3v) is 3.90. The number of rotatable bonds is 4. The van der Waals surface area contributed by atoms with Gasteiger partial charge in [-0.3, -0.25) is 0 Å². The Labute approximate surface area is 144 Å². The number of hydrogen-bond donors (Lipinski definition) is 0. The van der Waals surface area contributed by atoms with Crippen LogP contribution < -0.4 is 0 Å². The van der Waals surface area contributed by atoms with Crippen molar-refractivity contribution in [2.45, 2.75) is 6.42 Å². The highest BCUT2D eigenvalue weighted by molar-refractivity contribution is 6.11. The second-order valence-corrected chi connectivity index (χ2v) is 5.57. The van der Waals surface area contributed by atoms with E-state index in [0.717, 1.165) is 11.1 Å². The van der Waals surface area contributed by atoms with Crippen LogP contribution in [0.3, 0.4) is 0 Å². The Morgan fingerprint density at radius 3 is 2.40 bits per heavy atom. The Balaban J connectivity index is 1.76. The molecule has 124 valence electrons. The number of allylic oxidation sites excluding steroid dienone is 1. The molecule has 0 unspecified atom stereocenters. The third-order valence-electron chi connectivity index (χ3n) is 3.90. The summed E-state index contributed by atoms with van der Waals surface area (Å²) in [6, 6.07) is 19.1. The van der Waals surface area contributed by atoms with Crippen molar-refractivity contribution in [3.8, 4) is 0 Å². The molecule has 5 heteroatoms. The fourth-order valence-electron chi connectivity index (χ4n) is 2.69. The van der Waals surface area contributed by atoms with Crippen molar-refractivity contribution in [2.75, 3.05) is 6.79 Å². The van der Waals surface area contributed by atoms with Gasteiger partial charge in [-0.15, -0.1) is 0 Å². The first-order valence-corrected chi connectivity index (χ1v) is 7.89. The number of ether oxygens (including phenoxy) is 3. The summed E-state index contributed by atoms with van der Waals surface area (Å²) in [5.74, 6) is 0.320. The molecule has 2 heterocycles. The van der Waals surface area contributed by atoms with Crippen molar-refractivity contribution in [1.82, 2.24) is 0 Å². The maximum Gasteiger partial charge on any atom is 0.364 e. The molecule has 0 saturated carbocycles. The van der Waals surface area contributed by atoms with Crippen LogP contribution in [0.25, 0.3) is 0 Å². The lowest BCUT2D eigenvalue weighted by molar-refractivity contribution is -0.130. The molecule has 0 aliphatic carbocycles. The quantitative estimate of drug-likeness (QED) is 0.636. The molecule has 0 saturated heterocycles. The normalized spacial score (nSPS) is 18.0. The van der Waals surface area contributed by atoms with Crippen molar-refractivity contribution >= 4 is 11.9 Å². The predicted molar refractivity (Wildman–Crippen MR) is 91.4 cm³/mol. The minimum absolute atomic E-state index is 0.130. The molecule has 0 bridgehead atoms. The second kappa shape index (κ2) is 6.65. The minimum atomic E-state index is -0.485. The molecule has 25 heavy (non-hydrogen) atoms. The number of carbonyl (C=O) groups is 1. The first kappa shape index (κ1) is 15.2. The van der Waals surface area contributed by atoms with Gasteiger partial charge in [-0.1, -0.05) is 48.5 Å². The van der Waals surface area contributed by atoms with Crippen molar-refractivity contribution < 1.29 is 19.0 Å². The first-order chi connectivity index (χ1) is 12.3. The van der Waals surface area contributed by atoms with Gasteiger partial charge in [0.15, 0.2) is 11.5 Å². The standard InChI is InChI=1S/C20H15NO4/c22-20-18(21-19(25-20)15-9-5-2-6-10-15)16(17-12-23-13-24-17)11-14-7-3-1-4-8-14/h1-10,12H,11,13H2. The van der Waals surface area contributed by atoms with Gasteiger partial charge in [0.05, 0.1) is 0 Å². The lowest BCUT2D eigenvalue weighted by Crippen LogP contribution is -2.08. The Morgan fingerprint density at radius 1 is 1.00 bits per heavy atom. The lowest BCUT2D eigenvalue weighted by atomic mass is 10.0. The van der Waals surface area contributed by atoms with Gasteiger partial charge in [0.1, 0.15) is 6.26 Å². The van der Waals surface area contributed by atoms with E-state index in [1.165, 1.54) is 6.26 Å². The average Bonchev–Trinajstić information content (AvgIpc) is 3.31. The van der Waals surface area contributed by atoms with E-state index >= 15 is 0 Å². The van der Waals surface area contributed by atoms with Crippen molar-refractivity contribution in [3.63, 3.8) is 0 Å². The summed E-state index contributed by atoms with van der Waals surface area (Å²) >= 11 is 0. The van der Waals surface area contributed by atoms with Gasteiger partial charge in [-0.05, 0) is 17.7 Å². The predicted octanol–water partition coefficient (Wildman–Crippen LogP) is 3.33. The van der Waals surface area contributed by atoms with E-state index in [-0.39, 0.29) is 12.5 Å². The van der Waals surface area contributed by atoms with E-state index in [4.69, 9.17) is 14.2 Å². The van der Waals surface area contributed by atoms with Gasteiger partial charge in [-0.25, -0.2) is 9.79 Å². The summed E-state index contributed by atoms with van der Waals surface area (Å²) in [4.78, 5) is 16.9. The molecule has 0 aromatic heterocycles. The number of nitrogens with zero attached hydrogens (tertiary/aromatic N) is 1. The number of cyclic esters (lactones) is 1. The van der Waals surface area contributed by atoms with Gasteiger partial charge in [0.2, 0.25) is 12.7 Å². The smallest absolute Gasteiger partial charge is 0.364 e. The second-order valence-electron chi connectivity index (χ2n) is 5.57. The zero-order chi connectivity index (χ0) is 17.1. The van der Waals surface area contributed by atoms with Crippen LogP contribution in [0.15, 0.2) is 88.9 Å². The SMILES string of the molecule is O=C1OC(c2ccccc2)=NC1=C(Cc1ccccc1)C1=COCO1. The van der Waals surface area contributed by atoms with Gasteiger partial charge < -0.3 is 14.2 Å². The Kier molecular flexibility index (Phi) is 4.04. The van der Waals surface area contributed by atoms with Crippen molar-refractivity contribution in [2.24, 2.45) is 4.99 Å². The van der Waals surface area contributed by atoms with Crippen LogP contribution in [0.4, 0.5) is 0 Å². The zero-order valence-corrected chi connectivity index (χ0v) is 13.3. The van der Waals surface area contributed by atoms with E-state index in [2.05, 4.69) is 4.99 Å². The lowest BCUT2D eigenvalue weighted by Gasteiger charge is -2.08. The number of aliphatic imine (C=N–C) groups is 1. The summed E-state index contributed by atoms with van der Waals surface area (Å²) in [6.07, 6.45) is 2.00. The molecule has 0 spiro atoms. The molecule has 2 aliphatic heterocycles. The maximum absolute atomic E-state index is 12.4. The van der Waals surface area contributed by atoms with Gasteiger partial charge in [0.25, 0.3) is 0 Å². The Hall–Kier alpha value is -3.34.